The first-order chi connectivity index (χ1) is 8.76. The molecule has 0 saturated heterocycles. The van der Waals surface area contributed by atoms with Gasteiger partial charge in [0.25, 0.3) is 0 Å². The van der Waals surface area contributed by atoms with Gasteiger partial charge >= 0.3 is 0 Å². The summed E-state index contributed by atoms with van der Waals surface area (Å²) in [7, 11) is 0. The van der Waals surface area contributed by atoms with Gasteiger partial charge in [-0.05, 0) is 20.3 Å². The molecule has 0 aromatic carbocycles. The second kappa shape index (κ2) is 11.0. The Morgan fingerprint density at radius 2 is 2.11 bits per heavy atom. The number of rotatable bonds is 7. The van der Waals surface area contributed by atoms with E-state index in [2.05, 4.69) is 39.6 Å². The van der Waals surface area contributed by atoms with E-state index in [-0.39, 0.29) is 24.0 Å². The molecule has 0 amide bonds. The topological polar surface area (TPSA) is 75.3 Å². The van der Waals surface area contributed by atoms with E-state index in [4.69, 9.17) is 4.52 Å². The Morgan fingerprint density at radius 1 is 1.32 bits per heavy atom. The maximum absolute atomic E-state index is 5.04. The molecule has 0 fully saturated rings. The van der Waals surface area contributed by atoms with Crippen LogP contribution in [0.3, 0.4) is 0 Å². The van der Waals surface area contributed by atoms with E-state index < -0.39 is 0 Å². The molecule has 0 aliphatic rings. The van der Waals surface area contributed by atoms with E-state index in [1.807, 2.05) is 6.92 Å². The molecule has 0 atom stereocenters. The molecule has 0 unspecified atom stereocenters. The van der Waals surface area contributed by atoms with Crippen molar-refractivity contribution in [2.24, 2.45) is 4.99 Å². The van der Waals surface area contributed by atoms with Crippen molar-refractivity contribution in [2.45, 2.75) is 40.0 Å². The maximum Gasteiger partial charge on any atom is 0.228 e. The molecule has 0 aliphatic carbocycles. The van der Waals surface area contributed by atoms with Crippen LogP contribution >= 0.6 is 24.0 Å². The van der Waals surface area contributed by atoms with Crippen LogP contribution in [-0.2, 0) is 6.42 Å². The SMILES string of the molecule is CCCCN=C(NCC)NCCc1nc(C)no1.I. The number of guanidine groups is 1. The third-order valence-electron chi connectivity index (χ3n) is 2.33. The molecule has 1 aromatic heterocycles. The molecule has 0 aliphatic heterocycles. The average Bonchev–Trinajstić information content (AvgIpc) is 2.75. The second-order valence-corrected chi connectivity index (χ2v) is 4.03. The molecule has 0 spiro atoms. The number of hydrogen-bond donors (Lipinski definition) is 2. The number of nitrogens with zero attached hydrogens (tertiary/aromatic N) is 3. The van der Waals surface area contributed by atoms with Crippen molar-refractivity contribution in [1.29, 1.82) is 0 Å². The molecule has 19 heavy (non-hydrogen) atoms. The van der Waals surface area contributed by atoms with Crippen molar-refractivity contribution in [3.63, 3.8) is 0 Å². The van der Waals surface area contributed by atoms with Crippen LogP contribution in [0.25, 0.3) is 0 Å². The van der Waals surface area contributed by atoms with E-state index >= 15 is 0 Å². The van der Waals surface area contributed by atoms with Gasteiger partial charge in [0.15, 0.2) is 11.8 Å². The van der Waals surface area contributed by atoms with E-state index in [1.165, 1.54) is 0 Å². The Bertz CT molecular complexity index is 367. The molecule has 1 heterocycles. The standard InChI is InChI=1S/C12H23N5O.HI/c1-4-6-8-14-12(13-5-2)15-9-7-11-16-10(3)17-18-11;/h4-9H2,1-3H3,(H2,13,14,15);1H. The Hall–Kier alpha value is -0.860. The van der Waals surface area contributed by atoms with Crippen LogP contribution in [0, 0.1) is 6.92 Å². The van der Waals surface area contributed by atoms with E-state index in [9.17, 15) is 0 Å². The monoisotopic (exact) mass is 381 g/mol. The zero-order chi connectivity index (χ0) is 13.2. The molecule has 1 rings (SSSR count). The minimum atomic E-state index is 0. The van der Waals surface area contributed by atoms with Crippen molar-refractivity contribution in [1.82, 2.24) is 20.8 Å². The number of aryl methyl sites for hydroxylation is 1. The minimum absolute atomic E-state index is 0. The highest BCUT2D eigenvalue weighted by molar-refractivity contribution is 14.0. The molecule has 0 bridgehead atoms. The third kappa shape index (κ3) is 8.02. The molecular weight excluding hydrogens is 357 g/mol. The summed E-state index contributed by atoms with van der Waals surface area (Å²) in [6, 6.07) is 0. The highest BCUT2D eigenvalue weighted by atomic mass is 127. The quantitative estimate of drug-likeness (QED) is 0.327. The van der Waals surface area contributed by atoms with Gasteiger partial charge in [0, 0.05) is 26.1 Å². The molecule has 7 heteroatoms. The molecule has 0 radical (unpaired) electrons. The molecule has 6 nitrogen and oxygen atoms in total. The lowest BCUT2D eigenvalue weighted by Crippen LogP contribution is -2.38. The van der Waals surface area contributed by atoms with Gasteiger partial charge in [-0.25, -0.2) is 0 Å². The number of nitrogens with one attached hydrogen (secondary N) is 2. The molecular formula is C12H24IN5O. The highest BCUT2D eigenvalue weighted by Crippen LogP contribution is 1.95. The largest absolute Gasteiger partial charge is 0.357 e. The first-order valence-electron chi connectivity index (χ1n) is 6.57. The van der Waals surface area contributed by atoms with Crippen molar-refractivity contribution >= 4 is 29.9 Å². The average molecular weight is 381 g/mol. The van der Waals surface area contributed by atoms with Gasteiger partial charge in [0.05, 0.1) is 0 Å². The molecule has 2 N–H and O–H groups in total. The lowest BCUT2D eigenvalue weighted by atomic mass is 10.3. The van der Waals surface area contributed by atoms with Gasteiger partial charge in [-0.3, -0.25) is 4.99 Å². The molecule has 1 aromatic rings. The number of halogens is 1. The summed E-state index contributed by atoms with van der Waals surface area (Å²) in [6.07, 6.45) is 2.97. The van der Waals surface area contributed by atoms with Crippen LogP contribution in [0.2, 0.25) is 0 Å². The predicted octanol–water partition coefficient (Wildman–Crippen LogP) is 1.89. The number of hydrogen-bond acceptors (Lipinski definition) is 4. The number of aliphatic imine (C=N–C) groups is 1. The van der Waals surface area contributed by atoms with Crippen LogP contribution in [-0.4, -0.2) is 35.7 Å². The van der Waals surface area contributed by atoms with Crippen LogP contribution in [0.1, 0.15) is 38.4 Å². The first kappa shape index (κ1) is 18.1. The zero-order valence-corrected chi connectivity index (χ0v) is 14.2. The van der Waals surface area contributed by atoms with E-state index in [0.29, 0.717) is 18.1 Å². The summed E-state index contributed by atoms with van der Waals surface area (Å²) in [5.41, 5.74) is 0. The Morgan fingerprint density at radius 3 is 2.68 bits per heavy atom. The van der Waals surface area contributed by atoms with Crippen molar-refractivity contribution in [3.05, 3.63) is 11.7 Å². The highest BCUT2D eigenvalue weighted by Gasteiger charge is 2.02. The van der Waals surface area contributed by atoms with Crippen LogP contribution in [0.15, 0.2) is 9.52 Å². The Labute approximate surface area is 131 Å². The van der Waals surface area contributed by atoms with Gasteiger partial charge in [-0.2, -0.15) is 4.98 Å². The van der Waals surface area contributed by atoms with Gasteiger partial charge in [0.1, 0.15) is 0 Å². The van der Waals surface area contributed by atoms with Crippen molar-refractivity contribution < 1.29 is 4.52 Å². The normalized spacial score (nSPS) is 11.0. The van der Waals surface area contributed by atoms with Crippen LogP contribution < -0.4 is 10.6 Å². The smallest absolute Gasteiger partial charge is 0.228 e. The fraction of sp³-hybridized carbons (Fsp3) is 0.750. The van der Waals surface area contributed by atoms with Gasteiger partial charge in [-0.1, -0.05) is 18.5 Å². The van der Waals surface area contributed by atoms with Gasteiger partial charge in [-0.15, -0.1) is 24.0 Å². The summed E-state index contributed by atoms with van der Waals surface area (Å²) in [4.78, 5) is 8.62. The van der Waals surface area contributed by atoms with Gasteiger partial charge < -0.3 is 15.2 Å². The van der Waals surface area contributed by atoms with Crippen LogP contribution in [0.4, 0.5) is 0 Å². The fourth-order valence-electron chi connectivity index (χ4n) is 1.42. The summed E-state index contributed by atoms with van der Waals surface area (Å²) in [5, 5.41) is 10.2. The van der Waals surface area contributed by atoms with E-state index in [0.717, 1.165) is 38.4 Å². The summed E-state index contributed by atoms with van der Waals surface area (Å²) >= 11 is 0. The molecule has 110 valence electrons. The summed E-state index contributed by atoms with van der Waals surface area (Å²) in [5.74, 6) is 2.18. The minimum Gasteiger partial charge on any atom is -0.357 e. The number of unbranched alkanes of at least 4 members (excludes halogenated alkanes) is 1. The predicted molar refractivity (Wildman–Crippen MR) is 87.0 cm³/mol. The maximum atomic E-state index is 5.04. The summed E-state index contributed by atoms with van der Waals surface area (Å²) < 4.78 is 5.04. The van der Waals surface area contributed by atoms with Crippen molar-refractivity contribution in [3.8, 4) is 0 Å². The lowest BCUT2D eigenvalue weighted by molar-refractivity contribution is 0.374. The zero-order valence-electron chi connectivity index (χ0n) is 11.9. The van der Waals surface area contributed by atoms with E-state index in [1.54, 1.807) is 0 Å². The first-order valence-corrected chi connectivity index (χ1v) is 6.57. The fourth-order valence-corrected chi connectivity index (χ4v) is 1.42. The summed E-state index contributed by atoms with van der Waals surface area (Å²) in [6.45, 7) is 8.48. The second-order valence-electron chi connectivity index (χ2n) is 4.03. The Kier molecular flexibility index (Phi) is 10.5. The Balaban J connectivity index is 0.00000324. The lowest BCUT2D eigenvalue weighted by Gasteiger charge is -2.09. The van der Waals surface area contributed by atoms with Crippen molar-refractivity contribution in [2.75, 3.05) is 19.6 Å². The molecule has 0 saturated carbocycles. The number of aromatic nitrogens is 2. The van der Waals surface area contributed by atoms with Crippen LogP contribution in [0.5, 0.6) is 0 Å². The van der Waals surface area contributed by atoms with Gasteiger partial charge in [0.2, 0.25) is 5.89 Å². The third-order valence-corrected chi connectivity index (χ3v) is 2.33.